The third-order valence-electron chi connectivity index (χ3n) is 6.01. The minimum atomic E-state index is 0.00184. The summed E-state index contributed by atoms with van der Waals surface area (Å²) in [6.07, 6.45) is 6.23. The van der Waals surface area contributed by atoms with E-state index >= 15 is 0 Å². The standard InChI is InChI=1S/C20H32N6O2/c1-14-17(20(25(3)23-14)26-9-11-27-12-10-26)13-21-15(2)19-22-18(24-28-19)16-7-5-4-6-8-16/h15-16,21H,4-13H2,1-3H3. The molecule has 2 aliphatic rings. The third-order valence-corrected chi connectivity index (χ3v) is 6.01. The van der Waals surface area contributed by atoms with Gasteiger partial charge in [0.1, 0.15) is 5.82 Å². The second-order valence-electron chi connectivity index (χ2n) is 8.04. The molecule has 2 aromatic rings. The van der Waals surface area contributed by atoms with Crippen molar-refractivity contribution in [2.75, 3.05) is 31.2 Å². The Hall–Kier alpha value is -1.93. The van der Waals surface area contributed by atoms with Crippen molar-refractivity contribution in [3.8, 4) is 0 Å². The summed E-state index contributed by atoms with van der Waals surface area (Å²) in [5.41, 5.74) is 2.28. The van der Waals surface area contributed by atoms with E-state index in [1.54, 1.807) is 0 Å². The maximum atomic E-state index is 5.58. The molecule has 1 saturated heterocycles. The van der Waals surface area contributed by atoms with Gasteiger partial charge in [0.2, 0.25) is 5.89 Å². The Morgan fingerprint density at radius 3 is 2.68 bits per heavy atom. The van der Waals surface area contributed by atoms with E-state index in [-0.39, 0.29) is 6.04 Å². The van der Waals surface area contributed by atoms with Gasteiger partial charge in [-0.2, -0.15) is 10.1 Å². The number of aromatic nitrogens is 4. The molecule has 1 saturated carbocycles. The average molecular weight is 389 g/mol. The molecule has 1 unspecified atom stereocenters. The van der Waals surface area contributed by atoms with Gasteiger partial charge >= 0.3 is 0 Å². The van der Waals surface area contributed by atoms with Crippen LogP contribution in [0, 0.1) is 6.92 Å². The lowest BCUT2D eigenvalue weighted by atomic mass is 9.89. The van der Waals surface area contributed by atoms with E-state index in [1.165, 1.54) is 43.5 Å². The van der Waals surface area contributed by atoms with Gasteiger partial charge in [-0.3, -0.25) is 4.68 Å². The molecule has 2 aromatic heterocycles. The largest absolute Gasteiger partial charge is 0.378 e. The van der Waals surface area contributed by atoms with Gasteiger partial charge in [-0.15, -0.1) is 0 Å². The molecule has 4 rings (SSSR count). The van der Waals surface area contributed by atoms with Gasteiger partial charge in [0.05, 0.1) is 24.9 Å². The lowest BCUT2D eigenvalue weighted by Crippen LogP contribution is -2.38. The zero-order chi connectivity index (χ0) is 19.5. The quantitative estimate of drug-likeness (QED) is 0.815. The van der Waals surface area contributed by atoms with Gasteiger partial charge in [0.15, 0.2) is 5.82 Å². The summed E-state index contributed by atoms with van der Waals surface area (Å²) in [6, 6.07) is 0.00184. The zero-order valence-corrected chi connectivity index (χ0v) is 17.3. The summed E-state index contributed by atoms with van der Waals surface area (Å²) in [5, 5.41) is 12.5. The second-order valence-corrected chi connectivity index (χ2v) is 8.04. The molecule has 8 heteroatoms. The van der Waals surface area contributed by atoms with Gasteiger partial charge in [0.25, 0.3) is 0 Å². The van der Waals surface area contributed by atoms with Gasteiger partial charge in [0, 0.05) is 38.2 Å². The van der Waals surface area contributed by atoms with Crippen molar-refractivity contribution < 1.29 is 9.26 Å². The first-order valence-corrected chi connectivity index (χ1v) is 10.6. The van der Waals surface area contributed by atoms with E-state index in [9.17, 15) is 0 Å². The highest BCUT2D eigenvalue weighted by molar-refractivity contribution is 5.50. The Bertz CT molecular complexity index is 774. The van der Waals surface area contributed by atoms with Crippen molar-refractivity contribution in [3.63, 3.8) is 0 Å². The summed E-state index contributed by atoms with van der Waals surface area (Å²) in [7, 11) is 2.01. The molecule has 0 radical (unpaired) electrons. The summed E-state index contributed by atoms with van der Waals surface area (Å²) >= 11 is 0. The van der Waals surface area contributed by atoms with Crippen LogP contribution in [0.1, 0.15) is 74.0 Å². The van der Waals surface area contributed by atoms with E-state index in [2.05, 4.69) is 34.3 Å². The van der Waals surface area contributed by atoms with Crippen LogP contribution in [0.2, 0.25) is 0 Å². The fourth-order valence-corrected chi connectivity index (χ4v) is 4.36. The zero-order valence-electron chi connectivity index (χ0n) is 17.3. The number of ether oxygens (including phenoxy) is 1. The minimum Gasteiger partial charge on any atom is -0.378 e. The van der Waals surface area contributed by atoms with Crippen molar-refractivity contribution in [1.82, 2.24) is 25.2 Å². The van der Waals surface area contributed by atoms with E-state index in [0.29, 0.717) is 18.4 Å². The molecule has 2 fully saturated rings. The first kappa shape index (κ1) is 19.4. The van der Waals surface area contributed by atoms with E-state index < -0.39 is 0 Å². The summed E-state index contributed by atoms with van der Waals surface area (Å²) in [5.74, 6) is 3.20. The van der Waals surface area contributed by atoms with Crippen LogP contribution in [0.3, 0.4) is 0 Å². The van der Waals surface area contributed by atoms with E-state index in [0.717, 1.165) is 37.8 Å². The van der Waals surface area contributed by atoms with Crippen LogP contribution < -0.4 is 10.2 Å². The first-order chi connectivity index (χ1) is 13.6. The van der Waals surface area contributed by atoms with Gasteiger partial charge in [-0.05, 0) is 26.7 Å². The Morgan fingerprint density at radius 2 is 1.93 bits per heavy atom. The van der Waals surface area contributed by atoms with E-state index in [4.69, 9.17) is 14.2 Å². The molecule has 0 bridgehead atoms. The van der Waals surface area contributed by atoms with Crippen LogP contribution in [0.4, 0.5) is 5.82 Å². The average Bonchev–Trinajstić information content (AvgIpc) is 3.32. The molecule has 0 aromatic carbocycles. The highest BCUT2D eigenvalue weighted by Gasteiger charge is 2.24. The monoisotopic (exact) mass is 388 g/mol. The molecule has 1 N–H and O–H groups in total. The number of nitrogens with one attached hydrogen (secondary N) is 1. The third kappa shape index (κ3) is 4.07. The first-order valence-electron chi connectivity index (χ1n) is 10.6. The highest BCUT2D eigenvalue weighted by atomic mass is 16.5. The molecule has 8 nitrogen and oxygen atoms in total. The van der Waals surface area contributed by atoms with Crippen LogP contribution in [0.15, 0.2) is 4.52 Å². The summed E-state index contributed by atoms with van der Waals surface area (Å²) in [4.78, 5) is 7.06. The van der Waals surface area contributed by atoms with Crippen LogP contribution in [0.5, 0.6) is 0 Å². The van der Waals surface area contributed by atoms with Crippen molar-refractivity contribution in [1.29, 1.82) is 0 Å². The fraction of sp³-hybridized carbons (Fsp3) is 0.750. The minimum absolute atomic E-state index is 0.00184. The number of rotatable bonds is 6. The van der Waals surface area contributed by atoms with Crippen molar-refractivity contribution in [2.24, 2.45) is 7.05 Å². The maximum absolute atomic E-state index is 5.58. The second kappa shape index (κ2) is 8.61. The highest BCUT2D eigenvalue weighted by Crippen LogP contribution is 2.31. The normalized spacial score (nSPS) is 19.9. The predicted octanol–water partition coefficient (Wildman–Crippen LogP) is 2.85. The molecule has 1 atom stereocenters. The number of hydrogen-bond donors (Lipinski definition) is 1. The molecule has 0 amide bonds. The Labute approximate surface area is 166 Å². The molecule has 1 aliphatic carbocycles. The summed E-state index contributed by atoms with van der Waals surface area (Å²) < 4.78 is 13.1. The van der Waals surface area contributed by atoms with Gasteiger partial charge in [-0.1, -0.05) is 24.4 Å². The van der Waals surface area contributed by atoms with Crippen molar-refractivity contribution in [3.05, 3.63) is 23.0 Å². The fourth-order valence-electron chi connectivity index (χ4n) is 4.36. The molecular formula is C20H32N6O2. The van der Waals surface area contributed by atoms with Crippen LogP contribution >= 0.6 is 0 Å². The SMILES string of the molecule is Cc1nn(C)c(N2CCOCC2)c1CNC(C)c1nc(C2CCCCC2)no1. The van der Waals surface area contributed by atoms with Crippen molar-refractivity contribution >= 4 is 5.82 Å². The molecule has 3 heterocycles. The Balaban J connectivity index is 1.42. The number of aryl methyl sites for hydroxylation is 2. The molecular weight excluding hydrogens is 356 g/mol. The maximum Gasteiger partial charge on any atom is 0.243 e. The Morgan fingerprint density at radius 1 is 1.18 bits per heavy atom. The number of hydrogen-bond acceptors (Lipinski definition) is 7. The molecule has 154 valence electrons. The number of morpholine rings is 1. The molecule has 0 spiro atoms. The van der Waals surface area contributed by atoms with Crippen LogP contribution in [0.25, 0.3) is 0 Å². The van der Waals surface area contributed by atoms with Gasteiger partial charge in [-0.25, -0.2) is 0 Å². The molecule has 28 heavy (non-hydrogen) atoms. The van der Waals surface area contributed by atoms with Crippen LogP contribution in [-0.4, -0.2) is 46.2 Å². The topological polar surface area (TPSA) is 81.2 Å². The molecule has 1 aliphatic heterocycles. The van der Waals surface area contributed by atoms with Crippen LogP contribution in [-0.2, 0) is 18.3 Å². The summed E-state index contributed by atoms with van der Waals surface area (Å²) in [6.45, 7) is 8.19. The number of anilines is 1. The smallest absolute Gasteiger partial charge is 0.243 e. The van der Waals surface area contributed by atoms with Crippen molar-refractivity contribution in [2.45, 2.75) is 64.5 Å². The lowest BCUT2D eigenvalue weighted by molar-refractivity contribution is 0.122. The lowest BCUT2D eigenvalue weighted by Gasteiger charge is -2.29. The number of nitrogens with zero attached hydrogens (tertiary/aromatic N) is 5. The van der Waals surface area contributed by atoms with Gasteiger partial charge < -0.3 is 19.5 Å². The predicted molar refractivity (Wildman–Crippen MR) is 106 cm³/mol. The Kier molecular flexibility index (Phi) is 5.96. The van der Waals surface area contributed by atoms with E-state index in [1.807, 2.05) is 11.7 Å².